The molecule has 0 aromatic heterocycles. The highest BCUT2D eigenvalue weighted by Gasteiger charge is 2.22. The monoisotopic (exact) mass is 254 g/mol. The van der Waals surface area contributed by atoms with Crippen molar-refractivity contribution in [2.75, 3.05) is 0 Å². The van der Waals surface area contributed by atoms with Gasteiger partial charge in [-0.25, -0.2) is 0 Å². The van der Waals surface area contributed by atoms with E-state index >= 15 is 0 Å². The largest absolute Gasteiger partial charge is 0.0654 e. The van der Waals surface area contributed by atoms with Crippen molar-refractivity contribution in [2.24, 2.45) is 5.41 Å². The van der Waals surface area contributed by atoms with E-state index < -0.39 is 0 Å². The minimum atomic E-state index is 0.650. The Bertz CT molecular complexity index is 147. The summed E-state index contributed by atoms with van der Waals surface area (Å²) in [5, 5.41) is 0. The molecule has 0 atom stereocenters. The fourth-order valence-corrected chi connectivity index (χ4v) is 2.94. The second-order valence-corrected chi connectivity index (χ2v) is 6.54. The van der Waals surface area contributed by atoms with Crippen LogP contribution in [0.1, 0.15) is 111 Å². The van der Waals surface area contributed by atoms with Gasteiger partial charge in [-0.05, 0) is 24.7 Å². The molecule has 0 unspecified atom stereocenters. The molecule has 0 bridgehead atoms. The molecule has 0 nitrogen and oxygen atoms in total. The first-order chi connectivity index (χ1) is 8.68. The highest BCUT2D eigenvalue weighted by molar-refractivity contribution is 4.74. The second-order valence-electron chi connectivity index (χ2n) is 6.54. The van der Waals surface area contributed by atoms with Crippen molar-refractivity contribution in [2.45, 2.75) is 111 Å². The van der Waals surface area contributed by atoms with E-state index in [1.165, 1.54) is 83.5 Å². The van der Waals surface area contributed by atoms with Gasteiger partial charge in [0.25, 0.3) is 0 Å². The van der Waals surface area contributed by atoms with Crippen molar-refractivity contribution >= 4 is 0 Å². The zero-order valence-corrected chi connectivity index (χ0v) is 13.7. The van der Waals surface area contributed by atoms with Crippen LogP contribution in [0, 0.1) is 5.41 Å². The number of rotatable bonds is 13. The van der Waals surface area contributed by atoms with E-state index in [-0.39, 0.29) is 0 Å². The fraction of sp³-hybridized carbons (Fsp3) is 1.00. The van der Waals surface area contributed by atoms with Crippen LogP contribution in [0.3, 0.4) is 0 Å². The predicted octanol–water partition coefficient (Wildman–Crippen LogP) is 7.12. The maximum absolute atomic E-state index is 2.56. The molecular weight excluding hydrogens is 216 g/mol. The zero-order chi connectivity index (χ0) is 13.7. The standard InChI is InChI=1S/C18H38/c1-5-8-11-13-16-18(4,15-10-7-3)17-14-12-9-6-2/h5-17H2,1-4H3. The third-order valence-electron chi connectivity index (χ3n) is 4.40. The van der Waals surface area contributed by atoms with Crippen molar-refractivity contribution in [1.29, 1.82) is 0 Å². The summed E-state index contributed by atoms with van der Waals surface area (Å²) in [5.41, 5.74) is 0.650. The summed E-state index contributed by atoms with van der Waals surface area (Å²) in [6.07, 6.45) is 18.6. The SMILES string of the molecule is CCCCCCC(C)(CCCC)CCCCCC. The van der Waals surface area contributed by atoms with E-state index in [2.05, 4.69) is 27.7 Å². The first kappa shape index (κ1) is 18.0. The molecule has 0 aromatic carbocycles. The van der Waals surface area contributed by atoms with Gasteiger partial charge in [0.05, 0.1) is 0 Å². The van der Waals surface area contributed by atoms with E-state index in [0.717, 1.165) is 0 Å². The normalized spacial score (nSPS) is 12.0. The number of hydrogen-bond donors (Lipinski definition) is 0. The van der Waals surface area contributed by atoms with Crippen molar-refractivity contribution in [3.8, 4) is 0 Å². The fourth-order valence-electron chi connectivity index (χ4n) is 2.94. The lowest BCUT2D eigenvalue weighted by molar-refractivity contribution is 0.225. The van der Waals surface area contributed by atoms with Crippen LogP contribution in [0.2, 0.25) is 0 Å². The molecular formula is C18H38. The Morgan fingerprint density at radius 3 is 1.28 bits per heavy atom. The molecule has 0 aliphatic heterocycles. The van der Waals surface area contributed by atoms with Gasteiger partial charge in [0.15, 0.2) is 0 Å². The maximum Gasteiger partial charge on any atom is -0.0326 e. The zero-order valence-electron chi connectivity index (χ0n) is 13.7. The van der Waals surface area contributed by atoms with Crippen LogP contribution < -0.4 is 0 Å². The third-order valence-corrected chi connectivity index (χ3v) is 4.40. The van der Waals surface area contributed by atoms with Crippen LogP contribution in [0.5, 0.6) is 0 Å². The van der Waals surface area contributed by atoms with Crippen LogP contribution in [-0.2, 0) is 0 Å². The summed E-state index contributed by atoms with van der Waals surface area (Å²) in [4.78, 5) is 0. The van der Waals surface area contributed by atoms with Crippen molar-refractivity contribution in [3.63, 3.8) is 0 Å². The summed E-state index contributed by atoms with van der Waals surface area (Å²) in [5.74, 6) is 0. The lowest BCUT2D eigenvalue weighted by atomic mass is 9.76. The molecule has 110 valence electrons. The molecule has 0 heteroatoms. The molecule has 0 aromatic rings. The van der Waals surface area contributed by atoms with Crippen molar-refractivity contribution in [3.05, 3.63) is 0 Å². The van der Waals surface area contributed by atoms with Crippen LogP contribution in [0.25, 0.3) is 0 Å². The van der Waals surface area contributed by atoms with Crippen molar-refractivity contribution in [1.82, 2.24) is 0 Å². The van der Waals surface area contributed by atoms with Crippen LogP contribution in [-0.4, -0.2) is 0 Å². The lowest BCUT2D eigenvalue weighted by Gasteiger charge is -2.30. The van der Waals surface area contributed by atoms with E-state index in [1.807, 2.05) is 0 Å². The summed E-state index contributed by atoms with van der Waals surface area (Å²) in [6, 6.07) is 0. The third kappa shape index (κ3) is 9.97. The Morgan fingerprint density at radius 1 is 0.500 bits per heavy atom. The van der Waals surface area contributed by atoms with Crippen LogP contribution in [0.4, 0.5) is 0 Å². The summed E-state index contributed by atoms with van der Waals surface area (Å²) >= 11 is 0. The molecule has 0 fully saturated rings. The molecule has 0 saturated heterocycles. The summed E-state index contributed by atoms with van der Waals surface area (Å²) < 4.78 is 0. The Hall–Kier alpha value is 0. The number of hydrogen-bond acceptors (Lipinski definition) is 0. The Kier molecular flexibility index (Phi) is 12.1. The predicted molar refractivity (Wildman–Crippen MR) is 85.2 cm³/mol. The van der Waals surface area contributed by atoms with Gasteiger partial charge in [-0.1, -0.05) is 91.9 Å². The average molecular weight is 255 g/mol. The quantitative estimate of drug-likeness (QED) is 0.307. The first-order valence-corrected chi connectivity index (χ1v) is 8.68. The van der Waals surface area contributed by atoms with E-state index in [4.69, 9.17) is 0 Å². The average Bonchev–Trinajstić information content (AvgIpc) is 2.38. The van der Waals surface area contributed by atoms with Crippen molar-refractivity contribution < 1.29 is 0 Å². The molecule has 0 radical (unpaired) electrons. The topological polar surface area (TPSA) is 0 Å². The summed E-state index contributed by atoms with van der Waals surface area (Å²) in [7, 11) is 0. The van der Waals surface area contributed by atoms with E-state index in [1.54, 1.807) is 0 Å². The van der Waals surface area contributed by atoms with Gasteiger partial charge < -0.3 is 0 Å². The van der Waals surface area contributed by atoms with Gasteiger partial charge in [-0.15, -0.1) is 0 Å². The minimum Gasteiger partial charge on any atom is -0.0654 e. The second kappa shape index (κ2) is 12.1. The Labute approximate surface area is 117 Å². The molecule has 0 aliphatic carbocycles. The highest BCUT2D eigenvalue weighted by atomic mass is 14.3. The molecule has 0 amide bonds. The molecule has 0 saturated carbocycles. The van der Waals surface area contributed by atoms with Gasteiger partial charge in [-0.3, -0.25) is 0 Å². The van der Waals surface area contributed by atoms with Crippen LogP contribution >= 0.6 is 0 Å². The maximum atomic E-state index is 2.56. The molecule has 18 heavy (non-hydrogen) atoms. The smallest absolute Gasteiger partial charge is 0.0326 e. The van der Waals surface area contributed by atoms with Gasteiger partial charge in [0.2, 0.25) is 0 Å². The van der Waals surface area contributed by atoms with Gasteiger partial charge in [0.1, 0.15) is 0 Å². The minimum absolute atomic E-state index is 0.650. The van der Waals surface area contributed by atoms with E-state index in [9.17, 15) is 0 Å². The Balaban J connectivity index is 3.90. The van der Waals surface area contributed by atoms with Crippen LogP contribution in [0.15, 0.2) is 0 Å². The molecule has 0 heterocycles. The van der Waals surface area contributed by atoms with Gasteiger partial charge in [0, 0.05) is 0 Å². The van der Waals surface area contributed by atoms with E-state index in [0.29, 0.717) is 5.41 Å². The summed E-state index contributed by atoms with van der Waals surface area (Å²) in [6.45, 7) is 9.50. The first-order valence-electron chi connectivity index (χ1n) is 8.68. The molecule has 0 aliphatic rings. The molecule has 0 N–H and O–H groups in total. The van der Waals surface area contributed by atoms with Gasteiger partial charge in [-0.2, -0.15) is 0 Å². The number of unbranched alkanes of at least 4 members (excludes halogenated alkanes) is 7. The lowest BCUT2D eigenvalue weighted by Crippen LogP contribution is -2.16. The molecule has 0 rings (SSSR count). The Morgan fingerprint density at radius 2 is 0.889 bits per heavy atom. The highest BCUT2D eigenvalue weighted by Crippen LogP contribution is 2.36. The molecule has 0 spiro atoms. The van der Waals surface area contributed by atoms with Gasteiger partial charge >= 0.3 is 0 Å².